The van der Waals surface area contributed by atoms with Gasteiger partial charge in [-0.15, -0.1) is 0 Å². The predicted octanol–water partition coefficient (Wildman–Crippen LogP) is 2.45. The number of halogens is 2. The summed E-state index contributed by atoms with van der Waals surface area (Å²) in [7, 11) is 0. The van der Waals surface area contributed by atoms with Gasteiger partial charge in [0.25, 0.3) is 0 Å². The Morgan fingerprint density at radius 3 is 2.00 bits per heavy atom. The third kappa shape index (κ3) is 2.88. The number of nitrogens with two attached hydrogens (primary N) is 1. The van der Waals surface area contributed by atoms with Crippen molar-refractivity contribution in [1.82, 2.24) is 0 Å². The van der Waals surface area contributed by atoms with Gasteiger partial charge in [-0.25, -0.2) is 0 Å². The lowest BCUT2D eigenvalue weighted by atomic mass is 9.96. The molecule has 1 fully saturated rings. The number of hydrogen-bond donors (Lipinski definition) is 1. The topological polar surface area (TPSA) is 26.0 Å². The van der Waals surface area contributed by atoms with Gasteiger partial charge in [0.1, 0.15) is 0 Å². The van der Waals surface area contributed by atoms with Crippen molar-refractivity contribution in [1.29, 1.82) is 0 Å². The minimum Gasteiger partial charge on any atom is -0.328 e. The molecule has 1 saturated carbocycles. The largest absolute Gasteiger partial charge is 0.328 e. The molecule has 0 bridgehead atoms. The molecular formula is C6H11I2N. The lowest BCUT2D eigenvalue weighted by Gasteiger charge is -2.29. The van der Waals surface area contributed by atoms with Gasteiger partial charge in [-0.05, 0) is 25.7 Å². The van der Waals surface area contributed by atoms with Crippen molar-refractivity contribution in [2.45, 2.75) is 33.2 Å². The van der Waals surface area contributed by atoms with Gasteiger partial charge < -0.3 is 5.73 Å². The maximum Gasteiger partial charge on any atom is 0.0736 e. The zero-order chi connectivity index (χ0) is 6.91. The number of rotatable bonds is 0. The molecule has 0 aromatic heterocycles. The Balaban J connectivity index is 2.35. The van der Waals surface area contributed by atoms with E-state index >= 15 is 0 Å². The molecule has 0 amide bonds. The van der Waals surface area contributed by atoms with E-state index in [1.807, 2.05) is 0 Å². The average Bonchev–Trinajstić information content (AvgIpc) is 1.78. The van der Waals surface area contributed by atoms with E-state index in [9.17, 15) is 0 Å². The molecule has 3 heteroatoms. The molecule has 0 atom stereocenters. The summed E-state index contributed by atoms with van der Waals surface area (Å²) >= 11 is 5.06. The molecule has 0 aromatic carbocycles. The van der Waals surface area contributed by atoms with Crippen LogP contribution in [-0.2, 0) is 0 Å². The Kier molecular flexibility index (Phi) is 3.04. The molecule has 2 N–H and O–H groups in total. The first kappa shape index (κ1) is 8.52. The van der Waals surface area contributed by atoms with Gasteiger partial charge in [0.2, 0.25) is 0 Å². The Morgan fingerprint density at radius 2 is 1.67 bits per heavy atom. The van der Waals surface area contributed by atoms with Crippen LogP contribution in [-0.4, -0.2) is 7.47 Å². The van der Waals surface area contributed by atoms with Crippen LogP contribution in [0.3, 0.4) is 0 Å². The third-order valence-electron chi connectivity index (χ3n) is 1.76. The van der Waals surface area contributed by atoms with Gasteiger partial charge >= 0.3 is 0 Å². The van der Waals surface area contributed by atoms with E-state index in [1.165, 1.54) is 25.7 Å². The maximum atomic E-state index is 5.75. The molecule has 1 rings (SSSR count). The van der Waals surface area contributed by atoms with Crippen LogP contribution in [0.25, 0.3) is 0 Å². The predicted molar refractivity (Wildman–Crippen MR) is 57.2 cm³/mol. The minimum absolute atomic E-state index is 0.489. The van der Waals surface area contributed by atoms with Crippen molar-refractivity contribution in [2.75, 3.05) is 0 Å². The van der Waals surface area contributed by atoms with E-state index in [4.69, 9.17) is 5.73 Å². The highest BCUT2D eigenvalue weighted by Gasteiger charge is 2.27. The van der Waals surface area contributed by atoms with E-state index in [0.717, 1.165) is 0 Å². The van der Waals surface area contributed by atoms with E-state index in [1.54, 1.807) is 0 Å². The fourth-order valence-corrected chi connectivity index (χ4v) is 2.31. The summed E-state index contributed by atoms with van der Waals surface area (Å²) in [4.78, 5) is 0. The Bertz CT molecular complexity index is 93.2. The molecule has 1 nitrogen and oxygen atoms in total. The van der Waals surface area contributed by atoms with Crippen LogP contribution in [0, 0.1) is 0 Å². The summed E-state index contributed by atoms with van der Waals surface area (Å²) in [5, 5.41) is 0. The van der Waals surface area contributed by atoms with Crippen LogP contribution in [0.2, 0.25) is 0 Å². The fraction of sp³-hybridized carbons (Fsp3) is 1.00. The van der Waals surface area contributed by atoms with Gasteiger partial charge in [0.05, 0.1) is 1.43 Å². The van der Waals surface area contributed by atoms with Crippen molar-refractivity contribution in [3.8, 4) is 0 Å². The first-order valence-electron chi connectivity index (χ1n) is 3.23. The molecule has 1 aliphatic carbocycles. The van der Waals surface area contributed by atoms with Gasteiger partial charge in [0.15, 0.2) is 0 Å². The van der Waals surface area contributed by atoms with Crippen molar-refractivity contribution >= 4 is 45.2 Å². The fourth-order valence-electron chi connectivity index (χ4n) is 1.06. The summed E-state index contributed by atoms with van der Waals surface area (Å²) in [5.41, 5.74) is 5.75. The lowest BCUT2D eigenvalue weighted by Crippen LogP contribution is -2.30. The molecular weight excluding hydrogens is 340 g/mol. The molecule has 54 valence electrons. The Hall–Kier alpha value is 1.42. The Morgan fingerprint density at radius 1 is 1.22 bits per heavy atom. The SMILES string of the molecule is NC1CCC(I)(I)CC1. The highest BCUT2D eigenvalue weighted by atomic mass is 127. The van der Waals surface area contributed by atoms with Crippen LogP contribution in [0.5, 0.6) is 0 Å². The maximum absolute atomic E-state index is 5.75. The molecule has 0 radical (unpaired) electrons. The number of hydrogen-bond acceptors (Lipinski definition) is 1. The summed E-state index contributed by atoms with van der Waals surface area (Å²) in [6.45, 7) is 0. The van der Waals surface area contributed by atoms with Crippen LogP contribution in [0.4, 0.5) is 0 Å². The normalized spacial score (nSPS) is 28.3. The number of alkyl halides is 2. The molecule has 1 aliphatic rings. The molecule has 0 unspecified atom stereocenters. The summed E-state index contributed by atoms with van der Waals surface area (Å²) in [5.74, 6) is 0. The summed E-state index contributed by atoms with van der Waals surface area (Å²) in [6.07, 6.45) is 5.00. The molecule has 0 aliphatic heterocycles. The monoisotopic (exact) mass is 351 g/mol. The zero-order valence-corrected chi connectivity index (χ0v) is 9.55. The van der Waals surface area contributed by atoms with E-state index in [0.29, 0.717) is 7.47 Å². The van der Waals surface area contributed by atoms with Crippen LogP contribution >= 0.6 is 45.2 Å². The van der Waals surface area contributed by atoms with Crippen LogP contribution < -0.4 is 5.73 Å². The first-order valence-corrected chi connectivity index (χ1v) is 5.39. The highest BCUT2D eigenvalue weighted by molar-refractivity contribution is 14.2. The molecule has 9 heavy (non-hydrogen) atoms. The van der Waals surface area contributed by atoms with Gasteiger partial charge in [-0.2, -0.15) is 0 Å². The lowest BCUT2D eigenvalue weighted by molar-refractivity contribution is 0.451. The molecule has 0 aromatic rings. The molecule has 0 saturated heterocycles. The zero-order valence-electron chi connectivity index (χ0n) is 5.24. The standard InChI is InChI=1S/C6H11I2N/c7-6(8)3-1-5(9)2-4-6/h5H,1-4,9H2. The second-order valence-electron chi connectivity index (χ2n) is 2.69. The smallest absolute Gasteiger partial charge is 0.0736 e. The quantitative estimate of drug-likeness (QED) is 0.527. The van der Waals surface area contributed by atoms with E-state index < -0.39 is 0 Å². The highest BCUT2D eigenvalue weighted by Crippen LogP contribution is 2.41. The van der Waals surface area contributed by atoms with E-state index in [2.05, 4.69) is 45.2 Å². The van der Waals surface area contributed by atoms with Crippen LogP contribution in [0.15, 0.2) is 0 Å². The minimum atomic E-state index is 0.489. The third-order valence-corrected chi connectivity index (χ3v) is 3.92. The van der Waals surface area contributed by atoms with Crippen molar-refractivity contribution in [2.24, 2.45) is 5.73 Å². The van der Waals surface area contributed by atoms with E-state index in [-0.39, 0.29) is 0 Å². The summed E-state index contributed by atoms with van der Waals surface area (Å²) < 4.78 is 0.519. The second kappa shape index (κ2) is 3.21. The Labute approximate surface area is 83.4 Å². The van der Waals surface area contributed by atoms with Gasteiger partial charge in [-0.3, -0.25) is 0 Å². The van der Waals surface area contributed by atoms with Crippen molar-refractivity contribution in [3.05, 3.63) is 0 Å². The van der Waals surface area contributed by atoms with Crippen molar-refractivity contribution < 1.29 is 0 Å². The molecule has 0 spiro atoms. The second-order valence-corrected chi connectivity index (χ2v) is 8.89. The summed E-state index contributed by atoms with van der Waals surface area (Å²) in [6, 6.07) is 0.489. The average molecular weight is 351 g/mol. The first-order chi connectivity index (χ1) is 4.10. The van der Waals surface area contributed by atoms with Crippen LogP contribution in [0.1, 0.15) is 25.7 Å². The molecule has 0 heterocycles. The van der Waals surface area contributed by atoms with Gasteiger partial charge in [0, 0.05) is 6.04 Å². The van der Waals surface area contributed by atoms with Gasteiger partial charge in [-0.1, -0.05) is 45.2 Å². The van der Waals surface area contributed by atoms with Crippen molar-refractivity contribution in [3.63, 3.8) is 0 Å².